The Morgan fingerprint density at radius 1 is 0.737 bits per heavy atom. The SMILES string of the molecule is CO[Si](CCCCl)(OC)OC.C[Si](C)(C)CCCCl. The lowest BCUT2D eigenvalue weighted by molar-refractivity contribution is 0.123. The van der Waals surface area contributed by atoms with Crippen molar-refractivity contribution in [3.8, 4) is 0 Å². The molecule has 0 N–H and O–H groups in total. The molecule has 0 aliphatic heterocycles. The monoisotopic (exact) mass is 348 g/mol. The van der Waals surface area contributed by atoms with Gasteiger partial charge >= 0.3 is 8.80 Å². The van der Waals surface area contributed by atoms with Gasteiger partial charge in [-0.1, -0.05) is 25.7 Å². The van der Waals surface area contributed by atoms with Crippen molar-refractivity contribution < 1.29 is 13.3 Å². The number of alkyl halides is 2. The van der Waals surface area contributed by atoms with Gasteiger partial charge in [-0.05, 0) is 12.8 Å². The number of rotatable bonds is 9. The number of hydrogen-bond donors (Lipinski definition) is 0. The summed E-state index contributed by atoms with van der Waals surface area (Å²) >= 11 is 11.1. The fourth-order valence-electron chi connectivity index (χ4n) is 1.44. The van der Waals surface area contributed by atoms with Crippen LogP contribution in [0.3, 0.4) is 0 Å². The predicted molar refractivity (Wildman–Crippen MR) is 90.4 cm³/mol. The lowest BCUT2D eigenvalue weighted by Gasteiger charge is -2.23. The Balaban J connectivity index is 0. The third-order valence-corrected chi connectivity index (χ3v) is 7.83. The molecule has 0 rings (SSSR count). The maximum atomic E-state index is 5.53. The van der Waals surface area contributed by atoms with E-state index in [-0.39, 0.29) is 0 Å². The van der Waals surface area contributed by atoms with E-state index in [9.17, 15) is 0 Å². The summed E-state index contributed by atoms with van der Waals surface area (Å²) in [5.41, 5.74) is 0. The molecule has 0 aromatic carbocycles. The Labute approximate surface area is 131 Å². The Hall–Kier alpha value is 0.894. The zero-order valence-corrected chi connectivity index (χ0v) is 16.7. The molecule has 118 valence electrons. The average Bonchev–Trinajstić information content (AvgIpc) is 2.39. The number of halogens is 2. The van der Waals surface area contributed by atoms with Crippen LogP contribution < -0.4 is 0 Å². The molecule has 3 nitrogen and oxygen atoms in total. The molecule has 0 saturated heterocycles. The van der Waals surface area contributed by atoms with Gasteiger partial charge in [0.25, 0.3) is 0 Å². The van der Waals surface area contributed by atoms with Gasteiger partial charge in [-0.25, -0.2) is 0 Å². The molecule has 0 radical (unpaired) electrons. The first-order valence-corrected chi connectivity index (χ1v) is 13.3. The minimum atomic E-state index is -2.32. The van der Waals surface area contributed by atoms with Crippen molar-refractivity contribution in [2.45, 2.75) is 44.6 Å². The van der Waals surface area contributed by atoms with E-state index in [2.05, 4.69) is 19.6 Å². The number of hydrogen-bond acceptors (Lipinski definition) is 3. The van der Waals surface area contributed by atoms with Crippen LogP contribution in [0, 0.1) is 0 Å². The fourth-order valence-corrected chi connectivity index (χ4v) is 5.11. The molecule has 0 atom stereocenters. The summed E-state index contributed by atoms with van der Waals surface area (Å²) in [5, 5.41) is 0. The molecule has 0 heterocycles. The van der Waals surface area contributed by atoms with Crippen LogP contribution in [0.15, 0.2) is 0 Å². The van der Waals surface area contributed by atoms with Crippen LogP contribution >= 0.6 is 23.2 Å². The summed E-state index contributed by atoms with van der Waals surface area (Å²) < 4.78 is 15.5. The Bertz CT molecular complexity index is 190. The Kier molecular flexibility index (Phi) is 14.7. The van der Waals surface area contributed by atoms with Gasteiger partial charge in [0.15, 0.2) is 0 Å². The largest absolute Gasteiger partial charge is 0.500 e. The van der Waals surface area contributed by atoms with Gasteiger partial charge in [-0.3, -0.25) is 0 Å². The van der Waals surface area contributed by atoms with Crippen LogP contribution in [0.2, 0.25) is 31.7 Å². The molecule has 0 aromatic rings. The van der Waals surface area contributed by atoms with Crippen LogP contribution in [-0.2, 0) is 13.3 Å². The maximum absolute atomic E-state index is 5.53. The van der Waals surface area contributed by atoms with Crippen molar-refractivity contribution in [3.63, 3.8) is 0 Å². The second-order valence-corrected chi connectivity index (χ2v) is 14.9. The Morgan fingerprint density at radius 2 is 1.11 bits per heavy atom. The van der Waals surface area contributed by atoms with E-state index in [1.54, 1.807) is 21.3 Å². The van der Waals surface area contributed by atoms with Gasteiger partial charge in [0.05, 0.1) is 0 Å². The van der Waals surface area contributed by atoms with E-state index < -0.39 is 16.9 Å². The van der Waals surface area contributed by atoms with E-state index in [1.807, 2.05) is 0 Å². The van der Waals surface area contributed by atoms with Gasteiger partial charge in [0.2, 0.25) is 0 Å². The van der Waals surface area contributed by atoms with Gasteiger partial charge < -0.3 is 13.3 Å². The maximum Gasteiger partial charge on any atom is 0.500 e. The fraction of sp³-hybridized carbons (Fsp3) is 1.00. The van der Waals surface area contributed by atoms with Gasteiger partial charge in [-0.15, -0.1) is 23.2 Å². The van der Waals surface area contributed by atoms with Crippen LogP contribution in [0.4, 0.5) is 0 Å². The van der Waals surface area contributed by atoms with Crippen LogP contribution in [0.5, 0.6) is 0 Å². The molecule has 0 bridgehead atoms. The van der Waals surface area contributed by atoms with Crippen LogP contribution in [0.1, 0.15) is 12.8 Å². The summed E-state index contributed by atoms with van der Waals surface area (Å²) in [4.78, 5) is 0. The van der Waals surface area contributed by atoms with Gasteiger partial charge in [0.1, 0.15) is 0 Å². The summed E-state index contributed by atoms with van der Waals surface area (Å²) in [6.07, 6.45) is 2.07. The second-order valence-electron chi connectivity index (χ2n) is 5.44. The Morgan fingerprint density at radius 3 is 1.32 bits per heavy atom. The highest BCUT2D eigenvalue weighted by Gasteiger charge is 2.36. The molecule has 0 spiro atoms. The zero-order chi connectivity index (χ0) is 15.4. The summed E-state index contributed by atoms with van der Waals surface area (Å²) in [6, 6.07) is 2.15. The topological polar surface area (TPSA) is 27.7 Å². The van der Waals surface area contributed by atoms with E-state index in [0.29, 0.717) is 5.88 Å². The highest BCUT2D eigenvalue weighted by atomic mass is 35.5. The smallest absolute Gasteiger partial charge is 0.377 e. The van der Waals surface area contributed by atoms with Crippen molar-refractivity contribution in [2.24, 2.45) is 0 Å². The standard InChI is InChI=1S/C6H15ClO3Si.C6H15ClSi/c1-8-11(9-2,10-3)6-4-5-7;1-8(2,3)6-4-5-7/h4-6H2,1-3H3;4-6H2,1-3H3. The lowest BCUT2D eigenvalue weighted by atomic mass is 10.6. The highest BCUT2D eigenvalue weighted by molar-refractivity contribution is 6.76. The molecule has 0 aliphatic rings. The van der Waals surface area contributed by atoms with Crippen molar-refractivity contribution in [1.82, 2.24) is 0 Å². The van der Waals surface area contributed by atoms with Crippen LogP contribution in [-0.4, -0.2) is 50.0 Å². The molecule has 0 unspecified atom stereocenters. The molecule has 7 heteroatoms. The van der Waals surface area contributed by atoms with Crippen LogP contribution in [0.25, 0.3) is 0 Å². The molecule has 0 aromatic heterocycles. The van der Waals surface area contributed by atoms with Gasteiger partial charge in [0, 0.05) is 47.2 Å². The molecule has 19 heavy (non-hydrogen) atoms. The normalized spacial score (nSPS) is 12.0. The molecule has 0 saturated carbocycles. The third kappa shape index (κ3) is 13.6. The summed E-state index contributed by atoms with van der Waals surface area (Å²) in [7, 11) is 1.73. The highest BCUT2D eigenvalue weighted by Crippen LogP contribution is 2.14. The lowest BCUT2D eigenvalue weighted by Crippen LogP contribution is -2.42. The first-order chi connectivity index (χ1) is 8.80. The van der Waals surface area contributed by atoms with Crippen molar-refractivity contribution in [3.05, 3.63) is 0 Å². The predicted octanol–water partition coefficient (Wildman–Crippen LogP) is 4.45. The molecule has 0 fully saturated rings. The molecule has 0 amide bonds. The van der Waals surface area contributed by atoms with E-state index in [4.69, 9.17) is 36.5 Å². The van der Waals surface area contributed by atoms with Gasteiger partial charge in [-0.2, -0.15) is 0 Å². The minimum Gasteiger partial charge on any atom is -0.377 e. The van der Waals surface area contributed by atoms with Crippen molar-refractivity contribution >= 4 is 40.1 Å². The summed E-state index contributed by atoms with van der Waals surface area (Å²) in [6.45, 7) is 7.12. The molecular weight excluding hydrogens is 319 g/mol. The first-order valence-electron chi connectivity index (χ1n) is 6.58. The minimum absolute atomic E-state index is 0.616. The summed E-state index contributed by atoms with van der Waals surface area (Å²) in [5.74, 6) is 1.45. The van der Waals surface area contributed by atoms with E-state index >= 15 is 0 Å². The first kappa shape index (κ1) is 22.2. The quantitative estimate of drug-likeness (QED) is 0.455. The molecule has 0 aliphatic carbocycles. The second kappa shape index (κ2) is 12.6. The molecular formula is C12H30Cl2O3Si2. The van der Waals surface area contributed by atoms with Crippen molar-refractivity contribution in [1.29, 1.82) is 0 Å². The van der Waals surface area contributed by atoms with Crippen molar-refractivity contribution in [2.75, 3.05) is 33.1 Å². The van der Waals surface area contributed by atoms with E-state index in [1.165, 1.54) is 12.5 Å². The zero-order valence-electron chi connectivity index (χ0n) is 13.2. The van der Waals surface area contributed by atoms with E-state index in [0.717, 1.165) is 18.3 Å². The average molecular weight is 349 g/mol. The third-order valence-electron chi connectivity index (χ3n) is 2.61.